The van der Waals surface area contributed by atoms with Crippen LogP contribution in [-0.4, -0.2) is 45.9 Å². The Kier molecular flexibility index (Phi) is 10.1. The number of hydrogen-bond acceptors (Lipinski definition) is 3. The Morgan fingerprint density at radius 3 is 2.64 bits per heavy atom. The molecular formula is C17H29N3O2. The molecule has 1 rings (SSSR count). The largest absolute Gasteiger partial charge is 0.380 e. The number of hydrogen-bond donors (Lipinski definition) is 2. The molecule has 2 N–H and O–H groups in total. The van der Waals surface area contributed by atoms with Crippen LogP contribution in [0, 0.1) is 5.92 Å². The highest BCUT2D eigenvalue weighted by molar-refractivity contribution is 5.79. The van der Waals surface area contributed by atoms with Crippen LogP contribution >= 0.6 is 0 Å². The van der Waals surface area contributed by atoms with Crippen LogP contribution in [0.25, 0.3) is 0 Å². The first kappa shape index (κ1) is 18.5. The summed E-state index contributed by atoms with van der Waals surface area (Å²) >= 11 is 0. The van der Waals surface area contributed by atoms with E-state index in [4.69, 9.17) is 9.47 Å². The summed E-state index contributed by atoms with van der Waals surface area (Å²) in [6.45, 7) is 8.53. The van der Waals surface area contributed by atoms with Crippen LogP contribution in [0.4, 0.5) is 0 Å². The lowest BCUT2D eigenvalue weighted by Crippen LogP contribution is -2.41. The molecule has 0 aliphatic heterocycles. The number of nitrogens with zero attached hydrogens (tertiary/aromatic N) is 1. The van der Waals surface area contributed by atoms with Crippen molar-refractivity contribution in [1.82, 2.24) is 10.6 Å². The summed E-state index contributed by atoms with van der Waals surface area (Å²) in [4.78, 5) is 4.18. The first-order valence-electron chi connectivity index (χ1n) is 7.90. The zero-order valence-corrected chi connectivity index (χ0v) is 14.0. The third kappa shape index (κ3) is 8.64. The molecule has 0 saturated carbocycles. The maximum Gasteiger partial charge on any atom is 0.191 e. The van der Waals surface area contributed by atoms with Crippen LogP contribution in [0.15, 0.2) is 35.3 Å². The lowest BCUT2D eigenvalue weighted by atomic mass is 10.2. The van der Waals surface area contributed by atoms with Gasteiger partial charge in [0.25, 0.3) is 0 Å². The molecule has 0 heterocycles. The predicted octanol–water partition coefficient (Wildman–Crippen LogP) is 2.04. The maximum atomic E-state index is 5.74. The second-order valence-corrected chi connectivity index (χ2v) is 5.18. The van der Waals surface area contributed by atoms with Gasteiger partial charge < -0.3 is 20.1 Å². The molecule has 22 heavy (non-hydrogen) atoms. The number of ether oxygens (including phenoxy) is 2. The van der Waals surface area contributed by atoms with Gasteiger partial charge in [-0.05, 0) is 18.4 Å². The first-order valence-corrected chi connectivity index (χ1v) is 7.90. The molecule has 0 aliphatic carbocycles. The average molecular weight is 307 g/mol. The SMILES string of the molecule is CCOCCNC(=NC)NCC(C)COCc1ccccc1. The van der Waals surface area contributed by atoms with Gasteiger partial charge in [0.2, 0.25) is 0 Å². The molecule has 5 nitrogen and oxygen atoms in total. The quantitative estimate of drug-likeness (QED) is 0.394. The summed E-state index contributed by atoms with van der Waals surface area (Å²) in [7, 11) is 1.77. The van der Waals surface area contributed by atoms with Crippen LogP contribution in [0.5, 0.6) is 0 Å². The van der Waals surface area contributed by atoms with Gasteiger partial charge in [0, 0.05) is 26.7 Å². The molecule has 0 bridgehead atoms. The number of benzene rings is 1. The minimum absolute atomic E-state index is 0.411. The number of guanidine groups is 1. The number of nitrogens with one attached hydrogen (secondary N) is 2. The summed E-state index contributed by atoms with van der Waals surface area (Å²) in [6.07, 6.45) is 0. The molecule has 0 aromatic heterocycles. The van der Waals surface area contributed by atoms with Crippen LogP contribution < -0.4 is 10.6 Å². The van der Waals surface area contributed by atoms with Crippen LogP contribution in [0.3, 0.4) is 0 Å². The van der Waals surface area contributed by atoms with Gasteiger partial charge in [0.15, 0.2) is 5.96 Å². The molecule has 1 aromatic rings. The van der Waals surface area contributed by atoms with E-state index in [1.807, 2.05) is 25.1 Å². The van der Waals surface area contributed by atoms with E-state index in [0.717, 1.165) is 32.3 Å². The second kappa shape index (κ2) is 12.0. The van der Waals surface area contributed by atoms with Crippen LogP contribution in [0.1, 0.15) is 19.4 Å². The minimum Gasteiger partial charge on any atom is -0.380 e. The Hall–Kier alpha value is -1.59. The second-order valence-electron chi connectivity index (χ2n) is 5.18. The smallest absolute Gasteiger partial charge is 0.191 e. The molecule has 0 amide bonds. The Bertz CT molecular complexity index is 410. The molecule has 0 radical (unpaired) electrons. The summed E-state index contributed by atoms with van der Waals surface area (Å²) in [5.41, 5.74) is 1.20. The number of aliphatic imine (C=N–C) groups is 1. The van der Waals surface area contributed by atoms with Gasteiger partial charge in [-0.2, -0.15) is 0 Å². The van der Waals surface area contributed by atoms with E-state index >= 15 is 0 Å². The van der Waals surface area contributed by atoms with E-state index in [9.17, 15) is 0 Å². The number of rotatable bonds is 10. The highest BCUT2D eigenvalue weighted by atomic mass is 16.5. The van der Waals surface area contributed by atoms with Crippen molar-refractivity contribution in [3.05, 3.63) is 35.9 Å². The monoisotopic (exact) mass is 307 g/mol. The van der Waals surface area contributed by atoms with E-state index in [1.165, 1.54) is 5.56 Å². The molecule has 5 heteroatoms. The lowest BCUT2D eigenvalue weighted by Gasteiger charge is -2.16. The molecule has 1 aromatic carbocycles. The fourth-order valence-corrected chi connectivity index (χ4v) is 1.89. The van der Waals surface area contributed by atoms with Crippen molar-refractivity contribution >= 4 is 5.96 Å². The van der Waals surface area contributed by atoms with Gasteiger partial charge in [-0.25, -0.2) is 0 Å². The topological polar surface area (TPSA) is 54.9 Å². The summed E-state index contributed by atoms with van der Waals surface area (Å²) < 4.78 is 11.0. The van der Waals surface area contributed by atoms with E-state index in [2.05, 4.69) is 34.7 Å². The fraction of sp³-hybridized carbons (Fsp3) is 0.588. The third-order valence-corrected chi connectivity index (χ3v) is 3.10. The van der Waals surface area contributed by atoms with E-state index < -0.39 is 0 Å². The Morgan fingerprint density at radius 2 is 1.95 bits per heavy atom. The van der Waals surface area contributed by atoms with Crippen molar-refractivity contribution in [2.24, 2.45) is 10.9 Å². The van der Waals surface area contributed by atoms with Crippen molar-refractivity contribution in [3.8, 4) is 0 Å². The van der Waals surface area contributed by atoms with Crippen LogP contribution in [0.2, 0.25) is 0 Å². The van der Waals surface area contributed by atoms with Crippen molar-refractivity contribution < 1.29 is 9.47 Å². The molecule has 1 atom stereocenters. The van der Waals surface area contributed by atoms with Gasteiger partial charge in [-0.15, -0.1) is 0 Å². The van der Waals surface area contributed by atoms with Gasteiger partial charge in [0.05, 0.1) is 19.8 Å². The molecule has 0 fully saturated rings. The van der Waals surface area contributed by atoms with Crippen molar-refractivity contribution in [1.29, 1.82) is 0 Å². The van der Waals surface area contributed by atoms with Gasteiger partial charge >= 0.3 is 0 Å². The Morgan fingerprint density at radius 1 is 1.18 bits per heavy atom. The Balaban J connectivity index is 2.11. The minimum atomic E-state index is 0.411. The summed E-state index contributed by atoms with van der Waals surface area (Å²) in [5, 5.41) is 6.51. The van der Waals surface area contributed by atoms with Gasteiger partial charge in [-0.1, -0.05) is 37.3 Å². The predicted molar refractivity (Wildman–Crippen MR) is 91.1 cm³/mol. The van der Waals surface area contributed by atoms with Crippen molar-refractivity contribution in [3.63, 3.8) is 0 Å². The molecule has 124 valence electrons. The fourth-order valence-electron chi connectivity index (χ4n) is 1.89. The van der Waals surface area contributed by atoms with Gasteiger partial charge in [0.1, 0.15) is 0 Å². The molecule has 0 aliphatic rings. The average Bonchev–Trinajstić information content (AvgIpc) is 2.55. The summed E-state index contributed by atoms with van der Waals surface area (Å²) in [6, 6.07) is 10.2. The van der Waals surface area contributed by atoms with Crippen LogP contribution in [-0.2, 0) is 16.1 Å². The highest BCUT2D eigenvalue weighted by Crippen LogP contribution is 2.02. The van der Waals surface area contributed by atoms with E-state index in [1.54, 1.807) is 7.05 Å². The van der Waals surface area contributed by atoms with Gasteiger partial charge in [-0.3, -0.25) is 4.99 Å². The first-order chi connectivity index (χ1) is 10.8. The normalized spacial score (nSPS) is 13.0. The zero-order chi connectivity index (χ0) is 16.0. The van der Waals surface area contributed by atoms with Crippen molar-refractivity contribution in [2.45, 2.75) is 20.5 Å². The third-order valence-electron chi connectivity index (χ3n) is 3.10. The standard InChI is InChI=1S/C17H29N3O2/c1-4-21-11-10-19-17(18-3)20-12-15(2)13-22-14-16-8-6-5-7-9-16/h5-9,15H,4,10-14H2,1-3H3,(H2,18,19,20). The maximum absolute atomic E-state index is 5.74. The zero-order valence-electron chi connectivity index (χ0n) is 14.0. The van der Waals surface area contributed by atoms with E-state index in [0.29, 0.717) is 19.1 Å². The molecule has 0 spiro atoms. The molecule has 1 unspecified atom stereocenters. The molecule has 0 saturated heterocycles. The highest BCUT2D eigenvalue weighted by Gasteiger charge is 2.04. The van der Waals surface area contributed by atoms with Crippen molar-refractivity contribution in [2.75, 3.05) is 40.0 Å². The summed E-state index contributed by atoms with van der Waals surface area (Å²) in [5.74, 6) is 1.21. The molecular weight excluding hydrogens is 278 g/mol. The Labute approximate surface area is 134 Å². The lowest BCUT2D eigenvalue weighted by molar-refractivity contribution is 0.0931. The van der Waals surface area contributed by atoms with E-state index in [-0.39, 0.29) is 0 Å².